The van der Waals surface area contributed by atoms with Crippen LogP contribution in [0, 0.1) is 0 Å². The van der Waals surface area contributed by atoms with Gasteiger partial charge in [0.1, 0.15) is 22.9 Å². The molecule has 0 saturated heterocycles. The van der Waals surface area contributed by atoms with E-state index in [-0.39, 0.29) is 11.7 Å². The summed E-state index contributed by atoms with van der Waals surface area (Å²) in [5, 5.41) is 9.31. The summed E-state index contributed by atoms with van der Waals surface area (Å²) in [6, 6.07) is 34.4. The highest BCUT2D eigenvalue weighted by molar-refractivity contribution is 7.99. The summed E-state index contributed by atoms with van der Waals surface area (Å²) in [7, 11) is 3.26. The van der Waals surface area contributed by atoms with Crippen molar-refractivity contribution in [3.05, 3.63) is 109 Å². The zero-order chi connectivity index (χ0) is 27.0. The average Bonchev–Trinajstić information content (AvgIpc) is 3.01. The molecule has 0 atom stereocenters. The fraction of sp³-hybridized carbons (Fsp3) is 0.0968. The largest absolute Gasteiger partial charge is 0.497 e. The van der Waals surface area contributed by atoms with Gasteiger partial charge >= 0.3 is 0 Å². The number of rotatable bonds is 9. The van der Waals surface area contributed by atoms with E-state index in [0.717, 1.165) is 34.0 Å². The van der Waals surface area contributed by atoms with Crippen LogP contribution in [-0.2, 0) is 4.79 Å². The molecule has 194 valence electrons. The molecule has 0 radical (unpaired) electrons. The third-order valence-electron chi connectivity index (χ3n) is 6.00. The van der Waals surface area contributed by atoms with Crippen LogP contribution < -0.4 is 14.4 Å². The average molecular weight is 535 g/mol. The number of ether oxygens (including phenoxy) is 2. The fourth-order valence-corrected chi connectivity index (χ4v) is 4.68. The molecule has 7 nitrogen and oxygen atoms in total. The van der Waals surface area contributed by atoms with Crippen molar-refractivity contribution >= 4 is 29.0 Å². The zero-order valence-electron chi connectivity index (χ0n) is 21.5. The number of benzene rings is 4. The van der Waals surface area contributed by atoms with Crippen LogP contribution in [0.1, 0.15) is 0 Å². The van der Waals surface area contributed by atoms with Gasteiger partial charge in [0.2, 0.25) is 11.1 Å². The Kier molecular flexibility index (Phi) is 8.14. The highest BCUT2D eigenvalue weighted by Gasteiger charge is 2.20. The maximum Gasteiger partial charge on any atom is 0.242 e. The molecule has 0 aliphatic rings. The number of nitrogens with zero attached hydrogens (tertiary/aromatic N) is 4. The van der Waals surface area contributed by atoms with Gasteiger partial charge in [-0.1, -0.05) is 48.2 Å². The van der Waals surface area contributed by atoms with E-state index in [2.05, 4.69) is 10.2 Å². The lowest BCUT2D eigenvalue weighted by molar-refractivity contribution is -0.115. The summed E-state index contributed by atoms with van der Waals surface area (Å²) in [4.78, 5) is 20.0. The Morgan fingerprint density at radius 2 is 1.15 bits per heavy atom. The fourth-order valence-electron chi connectivity index (χ4n) is 4.05. The molecule has 1 amide bonds. The summed E-state index contributed by atoms with van der Waals surface area (Å²) >= 11 is 1.25. The molecular weight excluding hydrogens is 508 g/mol. The van der Waals surface area contributed by atoms with Crippen LogP contribution in [0.2, 0.25) is 0 Å². The molecule has 1 aromatic heterocycles. The molecule has 0 unspecified atom stereocenters. The topological polar surface area (TPSA) is 77.4 Å². The minimum absolute atomic E-state index is 0.0915. The first-order valence-corrected chi connectivity index (χ1v) is 13.2. The molecule has 0 bridgehead atoms. The maximum absolute atomic E-state index is 13.5. The first-order chi connectivity index (χ1) is 19.2. The van der Waals surface area contributed by atoms with Crippen molar-refractivity contribution in [2.45, 2.75) is 5.16 Å². The Morgan fingerprint density at radius 1 is 0.667 bits per heavy atom. The zero-order valence-corrected chi connectivity index (χ0v) is 22.3. The first-order valence-electron chi connectivity index (χ1n) is 12.3. The van der Waals surface area contributed by atoms with Crippen LogP contribution >= 0.6 is 11.8 Å². The van der Waals surface area contributed by atoms with Crippen molar-refractivity contribution in [2.24, 2.45) is 0 Å². The second kappa shape index (κ2) is 12.2. The van der Waals surface area contributed by atoms with Gasteiger partial charge in [0.05, 0.1) is 20.0 Å². The predicted octanol–water partition coefficient (Wildman–Crippen LogP) is 6.68. The van der Waals surface area contributed by atoms with Gasteiger partial charge in [-0.2, -0.15) is 0 Å². The quantitative estimate of drug-likeness (QED) is 0.195. The van der Waals surface area contributed by atoms with Gasteiger partial charge in [-0.3, -0.25) is 9.69 Å². The van der Waals surface area contributed by atoms with Crippen molar-refractivity contribution < 1.29 is 14.3 Å². The molecule has 0 spiro atoms. The second-order valence-corrected chi connectivity index (χ2v) is 9.38. The van der Waals surface area contributed by atoms with E-state index in [0.29, 0.717) is 16.5 Å². The lowest BCUT2D eigenvalue weighted by Crippen LogP contribution is -2.27. The van der Waals surface area contributed by atoms with Crippen molar-refractivity contribution in [1.29, 1.82) is 0 Å². The van der Waals surface area contributed by atoms with Crippen LogP contribution in [0.15, 0.2) is 114 Å². The van der Waals surface area contributed by atoms with E-state index < -0.39 is 0 Å². The van der Waals surface area contributed by atoms with Crippen molar-refractivity contribution in [1.82, 2.24) is 15.2 Å². The molecule has 0 saturated carbocycles. The monoisotopic (exact) mass is 534 g/mol. The minimum Gasteiger partial charge on any atom is -0.497 e. The van der Waals surface area contributed by atoms with E-state index in [1.54, 1.807) is 19.1 Å². The third kappa shape index (κ3) is 6.08. The summed E-state index contributed by atoms with van der Waals surface area (Å²) in [6.45, 7) is 0. The number of carbonyl (C=O) groups is 1. The number of anilines is 2. The summed E-state index contributed by atoms with van der Waals surface area (Å²) < 4.78 is 10.6. The Hall–Kier alpha value is -4.69. The normalized spacial score (nSPS) is 10.6. The molecule has 1 heterocycles. The second-order valence-electron chi connectivity index (χ2n) is 8.44. The molecule has 5 rings (SSSR count). The Morgan fingerprint density at radius 3 is 1.64 bits per heavy atom. The molecule has 4 aromatic carbocycles. The van der Waals surface area contributed by atoms with Crippen molar-refractivity contribution in [3.8, 4) is 34.0 Å². The van der Waals surface area contributed by atoms with Gasteiger partial charge < -0.3 is 9.47 Å². The SMILES string of the molecule is COc1ccc(-c2nnc(SCC(=O)N(c3ccccc3)c3ccccc3)nc2-c2ccc(OC)cc2)cc1. The number of methoxy groups -OCH3 is 2. The van der Waals surface area contributed by atoms with Crippen LogP contribution in [-0.4, -0.2) is 41.1 Å². The van der Waals surface area contributed by atoms with E-state index in [1.807, 2.05) is 109 Å². The molecule has 8 heteroatoms. The Labute approximate surface area is 231 Å². The summed E-state index contributed by atoms with van der Waals surface area (Å²) in [5.74, 6) is 1.54. The lowest BCUT2D eigenvalue weighted by Gasteiger charge is -2.22. The van der Waals surface area contributed by atoms with Crippen LogP contribution in [0.5, 0.6) is 11.5 Å². The molecule has 0 N–H and O–H groups in total. The van der Waals surface area contributed by atoms with Gasteiger partial charge in [-0.25, -0.2) is 4.98 Å². The van der Waals surface area contributed by atoms with Crippen molar-refractivity contribution in [2.75, 3.05) is 24.9 Å². The molecule has 39 heavy (non-hydrogen) atoms. The molecule has 0 aliphatic heterocycles. The van der Waals surface area contributed by atoms with Gasteiger partial charge in [0, 0.05) is 22.5 Å². The predicted molar refractivity (Wildman–Crippen MR) is 155 cm³/mol. The highest BCUT2D eigenvalue weighted by Crippen LogP contribution is 2.32. The maximum atomic E-state index is 13.5. The van der Waals surface area contributed by atoms with E-state index in [4.69, 9.17) is 14.5 Å². The van der Waals surface area contributed by atoms with Gasteiger partial charge in [-0.15, -0.1) is 10.2 Å². The van der Waals surface area contributed by atoms with Gasteiger partial charge in [0.25, 0.3) is 0 Å². The lowest BCUT2D eigenvalue weighted by atomic mass is 10.0. The number of aromatic nitrogens is 3. The third-order valence-corrected chi connectivity index (χ3v) is 6.82. The van der Waals surface area contributed by atoms with Crippen LogP contribution in [0.4, 0.5) is 11.4 Å². The van der Waals surface area contributed by atoms with E-state index in [1.165, 1.54) is 11.8 Å². The Bertz CT molecular complexity index is 1490. The summed E-state index contributed by atoms with van der Waals surface area (Å²) in [5.41, 5.74) is 4.60. The number of hydrogen-bond donors (Lipinski definition) is 0. The van der Waals surface area contributed by atoms with Gasteiger partial charge in [-0.05, 0) is 72.8 Å². The molecule has 0 aliphatic carbocycles. The Balaban J connectivity index is 1.45. The number of carbonyl (C=O) groups excluding carboxylic acids is 1. The molecule has 5 aromatic rings. The highest BCUT2D eigenvalue weighted by atomic mass is 32.2. The number of amides is 1. The molecule has 0 fully saturated rings. The summed E-state index contributed by atoms with van der Waals surface area (Å²) in [6.07, 6.45) is 0. The molecular formula is C31H26N4O3S. The number of hydrogen-bond acceptors (Lipinski definition) is 7. The van der Waals surface area contributed by atoms with Crippen molar-refractivity contribution in [3.63, 3.8) is 0 Å². The minimum atomic E-state index is -0.0915. The van der Waals surface area contributed by atoms with E-state index in [9.17, 15) is 4.79 Å². The number of para-hydroxylation sites is 2. The number of thioether (sulfide) groups is 1. The van der Waals surface area contributed by atoms with E-state index >= 15 is 0 Å². The standard InChI is InChI=1S/C31H26N4O3S/c1-37-26-17-13-22(14-18-26)29-30(23-15-19-27(38-2)20-16-23)33-34-31(32-29)39-21-28(36)35(24-9-5-3-6-10-24)25-11-7-4-8-12-25/h3-20H,21H2,1-2H3. The van der Waals surface area contributed by atoms with Crippen LogP contribution in [0.25, 0.3) is 22.5 Å². The van der Waals surface area contributed by atoms with Crippen LogP contribution in [0.3, 0.4) is 0 Å². The first kappa shape index (κ1) is 25.9. The van der Waals surface area contributed by atoms with Gasteiger partial charge in [0.15, 0.2) is 0 Å². The smallest absolute Gasteiger partial charge is 0.242 e.